The normalized spacial score (nSPS) is 18.2. The number of hydrogen-bond acceptors (Lipinski definition) is 5. The van der Waals surface area contributed by atoms with Crippen molar-refractivity contribution in [2.75, 3.05) is 11.9 Å². The monoisotopic (exact) mass is 493 g/mol. The van der Waals surface area contributed by atoms with Crippen LogP contribution in [0.5, 0.6) is 11.5 Å². The summed E-state index contributed by atoms with van der Waals surface area (Å²) in [6, 6.07) is 19.5. The van der Waals surface area contributed by atoms with Crippen molar-refractivity contribution in [1.82, 2.24) is 0 Å². The van der Waals surface area contributed by atoms with Gasteiger partial charge >= 0.3 is 5.97 Å². The molecular formula is C29H32ClNO4. The number of ether oxygens (including phenoxy) is 3. The van der Waals surface area contributed by atoms with Crippen LogP contribution in [-0.4, -0.2) is 12.6 Å². The molecule has 0 spiro atoms. The van der Waals surface area contributed by atoms with E-state index in [1.165, 1.54) is 6.92 Å². The van der Waals surface area contributed by atoms with Gasteiger partial charge in [0, 0.05) is 39.7 Å². The highest BCUT2D eigenvalue weighted by atomic mass is 35.5. The number of esters is 1. The number of hydrogen-bond donors (Lipinski definition) is 1. The molecule has 5 nitrogen and oxygen atoms in total. The average molecular weight is 494 g/mol. The number of carbonyl (C=O) groups is 1. The summed E-state index contributed by atoms with van der Waals surface area (Å²) in [4.78, 5) is 12.1. The summed E-state index contributed by atoms with van der Waals surface area (Å²) in [6.45, 7) is 10.5. The van der Waals surface area contributed by atoms with Crippen LogP contribution in [0, 0.1) is 12.3 Å². The van der Waals surface area contributed by atoms with E-state index in [0.717, 1.165) is 27.9 Å². The molecule has 1 N–H and O–H groups in total. The topological polar surface area (TPSA) is 56.8 Å². The second kappa shape index (κ2) is 10.2. The van der Waals surface area contributed by atoms with Gasteiger partial charge in [-0.1, -0.05) is 73.5 Å². The predicted octanol–water partition coefficient (Wildman–Crippen LogP) is 7.42. The third-order valence-electron chi connectivity index (χ3n) is 6.44. The van der Waals surface area contributed by atoms with E-state index in [4.69, 9.17) is 25.8 Å². The average Bonchev–Trinajstić information content (AvgIpc) is 2.81. The zero-order valence-corrected chi connectivity index (χ0v) is 21.6. The molecule has 184 valence electrons. The first kappa shape index (κ1) is 24.9. The molecule has 0 aromatic heterocycles. The highest BCUT2D eigenvalue weighted by molar-refractivity contribution is 6.31. The molecule has 2 atom stereocenters. The first-order valence-electron chi connectivity index (χ1n) is 11.9. The van der Waals surface area contributed by atoms with Crippen LogP contribution in [-0.2, 0) is 16.1 Å². The van der Waals surface area contributed by atoms with E-state index in [2.05, 4.69) is 31.3 Å². The van der Waals surface area contributed by atoms with E-state index in [1.807, 2.05) is 62.4 Å². The maximum Gasteiger partial charge on any atom is 0.303 e. The minimum Gasteiger partial charge on any atom is -0.490 e. The van der Waals surface area contributed by atoms with Crippen LogP contribution >= 0.6 is 11.6 Å². The first-order valence-corrected chi connectivity index (χ1v) is 12.3. The van der Waals surface area contributed by atoms with E-state index >= 15 is 0 Å². The summed E-state index contributed by atoms with van der Waals surface area (Å²) in [7, 11) is 0. The fourth-order valence-corrected chi connectivity index (χ4v) is 4.92. The van der Waals surface area contributed by atoms with Crippen LogP contribution in [0.15, 0.2) is 60.7 Å². The fraction of sp³-hybridized carbons (Fsp3) is 0.345. The summed E-state index contributed by atoms with van der Waals surface area (Å²) in [6.07, 6.45) is -0.437. The Morgan fingerprint density at radius 2 is 1.80 bits per heavy atom. The number of nitrogens with one attached hydrogen (secondary N) is 1. The Balaban J connectivity index is 1.80. The van der Waals surface area contributed by atoms with E-state index in [9.17, 15) is 4.79 Å². The lowest BCUT2D eigenvalue weighted by molar-refractivity contribution is -0.154. The summed E-state index contributed by atoms with van der Waals surface area (Å²) in [5, 5.41) is 4.35. The summed E-state index contributed by atoms with van der Waals surface area (Å²) >= 11 is 6.39. The zero-order valence-electron chi connectivity index (χ0n) is 20.9. The fourth-order valence-electron chi connectivity index (χ4n) is 4.73. The van der Waals surface area contributed by atoms with Gasteiger partial charge in [-0.05, 0) is 32.0 Å². The van der Waals surface area contributed by atoms with Crippen molar-refractivity contribution in [2.24, 2.45) is 5.41 Å². The van der Waals surface area contributed by atoms with Crippen LogP contribution in [0.25, 0.3) is 0 Å². The summed E-state index contributed by atoms with van der Waals surface area (Å²) in [5.41, 5.74) is 4.34. The minimum atomic E-state index is -0.500. The van der Waals surface area contributed by atoms with Crippen molar-refractivity contribution in [2.45, 2.75) is 53.4 Å². The predicted molar refractivity (Wildman–Crippen MR) is 139 cm³/mol. The van der Waals surface area contributed by atoms with Gasteiger partial charge in [-0.3, -0.25) is 4.79 Å². The number of anilines is 1. The van der Waals surface area contributed by atoms with Crippen LogP contribution in [0.4, 0.5) is 5.69 Å². The molecule has 0 unspecified atom stereocenters. The molecule has 3 aromatic rings. The van der Waals surface area contributed by atoms with Gasteiger partial charge in [0.15, 0.2) is 11.5 Å². The molecule has 1 aliphatic rings. The van der Waals surface area contributed by atoms with Crippen LogP contribution in [0.1, 0.15) is 62.1 Å². The van der Waals surface area contributed by atoms with Crippen LogP contribution in [0.2, 0.25) is 5.02 Å². The van der Waals surface area contributed by atoms with Gasteiger partial charge in [0.1, 0.15) is 12.7 Å². The number of halogens is 1. The molecule has 0 radical (unpaired) electrons. The van der Waals surface area contributed by atoms with Crippen molar-refractivity contribution >= 4 is 23.3 Å². The Kier molecular flexibility index (Phi) is 7.27. The molecule has 4 rings (SSSR count). The molecule has 3 aromatic carbocycles. The lowest BCUT2D eigenvalue weighted by Crippen LogP contribution is -2.40. The molecule has 0 bridgehead atoms. The minimum absolute atomic E-state index is 0.219. The molecule has 0 saturated carbocycles. The number of fused-ring (bicyclic) bond motifs is 1. The van der Waals surface area contributed by atoms with Crippen molar-refractivity contribution in [3.05, 3.63) is 87.9 Å². The highest BCUT2D eigenvalue weighted by Crippen LogP contribution is 2.55. The van der Waals surface area contributed by atoms with Gasteiger partial charge in [0.2, 0.25) is 0 Å². The molecule has 35 heavy (non-hydrogen) atoms. The quantitative estimate of drug-likeness (QED) is 0.347. The van der Waals surface area contributed by atoms with Gasteiger partial charge in [0.25, 0.3) is 0 Å². The molecule has 0 amide bonds. The van der Waals surface area contributed by atoms with Crippen LogP contribution < -0.4 is 14.8 Å². The van der Waals surface area contributed by atoms with Crippen molar-refractivity contribution in [3.63, 3.8) is 0 Å². The largest absolute Gasteiger partial charge is 0.490 e. The number of para-hydroxylation sites is 1. The second-order valence-electron chi connectivity index (χ2n) is 9.47. The molecule has 1 aliphatic heterocycles. The Hall–Kier alpha value is -3.18. The van der Waals surface area contributed by atoms with Gasteiger partial charge in [-0.15, -0.1) is 0 Å². The Labute approximate surface area is 212 Å². The number of benzene rings is 3. The molecule has 0 saturated heterocycles. The lowest BCUT2D eigenvalue weighted by atomic mass is 9.70. The Morgan fingerprint density at radius 3 is 2.51 bits per heavy atom. The standard InChI is InChI=1S/C29H32ClNO4/c1-6-33-25-13-9-11-21(26(25)34-17-20-10-7-8-12-23(20)30)27-29(4,5)28(35-19(3)32)22-16-18(2)14-15-24(22)31-27/h7-16,27-28,31H,6,17H2,1-5H3/t27-,28-/m1/s1. The third kappa shape index (κ3) is 5.10. The summed E-state index contributed by atoms with van der Waals surface area (Å²) in [5.74, 6) is 1.000. The zero-order chi connectivity index (χ0) is 25.2. The van der Waals surface area contributed by atoms with E-state index in [-0.39, 0.29) is 12.0 Å². The molecule has 0 fully saturated rings. The maximum absolute atomic E-state index is 12.1. The van der Waals surface area contributed by atoms with Crippen molar-refractivity contribution < 1.29 is 19.0 Å². The number of aryl methyl sites for hydroxylation is 1. The molecule has 0 aliphatic carbocycles. The summed E-state index contributed by atoms with van der Waals surface area (Å²) < 4.78 is 18.3. The van der Waals surface area contributed by atoms with Gasteiger partial charge in [-0.25, -0.2) is 0 Å². The molecule has 6 heteroatoms. The van der Waals surface area contributed by atoms with Gasteiger partial charge in [-0.2, -0.15) is 0 Å². The second-order valence-corrected chi connectivity index (χ2v) is 9.87. The first-order chi connectivity index (χ1) is 16.7. The Morgan fingerprint density at radius 1 is 1.03 bits per heavy atom. The van der Waals surface area contributed by atoms with Gasteiger partial charge in [0.05, 0.1) is 12.6 Å². The van der Waals surface area contributed by atoms with Crippen molar-refractivity contribution in [1.29, 1.82) is 0 Å². The van der Waals surface area contributed by atoms with E-state index in [0.29, 0.717) is 29.7 Å². The van der Waals surface area contributed by atoms with Crippen LogP contribution in [0.3, 0.4) is 0 Å². The van der Waals surface area contributed by atoms with Gasteiger partial charge < -0.3 is 19.5 Å². The van der Waals surface area contributed by atoms with E-state index < -0.39 is 11.5 Å². The Bertz CT molecular complexity index is 1220. The highest BCUT2D eigenvalue weighted by Gasteiger charge is 2.47. The lowest BCUT2D eigenvalue weighted by Gasteiger charge is -2.46. The molecular weight excluding hydrogens is 462 g/mol. The molecule has 1 heterocycles. The maximum atomic E-state index is 12.1. The number of carbonyl (C=O) groups excluding carboxylic acids is 1. The van der Waals surface area contributed by atoms with E-state index in [1.54, 1.807) is 0 Å². The number of rotatable bonds is 7. The SMILES string of the molecule is CCOc1cccc([C@H]2Nc3ccc(C)cc3[C@@H](OC(C)=O)C2(C)C)c1OCc1ccccc1Cl. The smallest absolute Gasteiger partial charge is 0.303 e. The third-order valence-corrected chi connectivity index (χ3v) is 6.81. The van der Waals surface area contributed by atoms with Crippen molar-refractivity contribution in [3.8, 4) is 11.5 Å².